The van der Waals surface area contributed by atoms with E-state index >= 15 is 0 Å². The Morgan fingerprint density at radius 2 is 1.93 bits per heavy atom. The Hall–Kier alpha value is -1.02. The van der Waals surface area contributed by atoms with Crippen molar-refractivity contribution in [2.24, 2.45) is 5.73 Å². The fourth-order valence-corrected chi connectivity index (χ4v) is 1.44. The average Bonchev–Trinajstić information content (AvgIpc) is 2.20. The second-order valence-electron chi connectivity index (χ2n) is 3.53. The first-order chi connectivity index (χ1) is 6.70. The molecular weight excluding hydrogens is 174 g/mol. The lowest BCUT2D eigenvalue weighted by Crippen LogP contribution is -2.03. The van der Waals surface area contributed by atoms with Crippen molar-refractivity contribution in [1.29, 1.82) is 0 Å². The molecule has 2 N–H and O–H groups in total. The molecule has 1 aromatic carbocycles. The van der Waals surface area contributed by atoms with Crippen LogP contribution in [0.4, 0.5) is 0 Å². The quantitative estimate of drug-likeness (QED) is 0.797. The summed E-state index contributed by atoms with van der Waals surface area (Å²) in [5, 5.41) is 0. The molecule has 0 heterocycles. The van der Waals surface area contributed by atoms with Gasteiger partial charge < -0.3 is 10.5 Å². The number of benzene rings is 1. The maximum absolute atomic E-state index is 5.63. The Morgan fingerprint density at radius 3 is 2.50 bits per heavy atom. The van der Waals surface area contributed by atoms with Gasteiger partial charge in [-0.3, -0.25) is 0 Å². The zero-order chi connectivity index (χ0) is 10.6. The molecule has 2 nitrogen and oxygen atoms in total. The largest absolute Gasteiger partial charge is 0.493 e. The van der Waals surface area contributed by atoms with E-state index in [4.69, 9.17) is 10.5 Å². The first kappa shape index (κ1) is 11.1. The van der Waals surface area contributed by atoms with Gasteiger partial charge in [0.05, 0.1) is 6.61 Å². The first-order valence-corrected chi connectivity index (χ1v) is 5.12. The number of nitrogens with two attached hydrogens (primary N) is 1. The number of hydrogen-bond donors (Lipinski definition) is 1. The van der Waals surface area contributed by atoms with Crippen LogP contribution in [0.2, 0.25) is 0 Å². The van der Waals surface area contributed by atoms with Crippen LogP contribution < -0.4 is 10.5 Å². The SMILES string of the molecule is CCCOc1ccc(CN)c(C)c1C. The Balaban J connectivity index is 2.92. The Kier molecular flexibility index (Phi) is 3.96. The van der Waals surface area contributed by atoms with Crippen LogP contribution >= 0.6 is 0 Å². The van der Waals surface area contributed by atoms with Crippen molar-refractivity contribution < 1.29 is 4.74 Å². The van der Waals surface area contributed by atoms with Crippen LogP contribution in [0.25, 0.3) is 0 Å². The van der Waals surface area contributed by atoms with E-state index in [1.54, 1.807) is 0 Å². The Morgan fingerprint density at radius 1 is 1.21 bits per heavy atom. The maximum atomic E-state index is 5.63. The predicted molar refractivity (Wildman–Crippen MR) is 59.6 cm³/mol. The zero-order valence-electron chi connectivity index (χ0n) is 9.26. The van der Waals surface area contributed by atoms with Gasteiger partial charge in [-0.1, -0.05) is 13.0 Å². The van der Waals surface area contributed by atoms with Crippen LogP contribution in [0, 0.1) is 13.8 Å². The van der Waals surface area contributed by atoms with Crippen LogP contribution in [0.15, 0.2) is 12.1 Å². The molecule has 1 aromatic rings. The smallest absolute Gasteiger partial charge is 0.122 e. The molecular formula is C12H19NO. The summed E-state index contributed by atoms with van der Waals surface area (Å²) < 4.78 is 5.63. The fraction of sp³-hybridized carbons (Fsp3) is 0.500. The molecule has 0 saturated carbocycles. The van der Waals surface area contributed by atoms with E-state index in [9.17, 15) is 0 Å². The minimum absolute atomic E-state index is 0.598. The van der Waals surface area contributed by atoms with Gasteiger partial charge in [-0.25, -0.2) is 0 Å². The van der Waals surface area contributed by atoms with Gasteiger partial charge in [0.2, 0.25) is 0 Å². The van der Waals surface area contributed by atoms with Gasteiger partial charge in [-0.15, -0.1) is 0 Å². The molecule has 0 aliphatic heterocycles. The van der Waals surface area contributed by atoms with E-state index < -0.39 is 0 Å². The predicted octanol–water partition coefficient (Wildman–Crippen LogP) is 2.55. The molecule has 0 atom stereocenters. The van der Waals surface area contributed by atoms with Crippen molar-refractivity contribution >= 4 is 0 Å². The second kappa shape index (κ2) is 5.01. The van der Waals surface area contributed by atoms with E-state index in [1.165, 1.54) is 16.7 Å². The highest BCUT2D eigenvalue weighted by Crippen LogP contribution is 2.24. The minimum atomic E-state index is 0.598. The summed E-state index contributed by atoms with van der Waals surface area (Å²) in [6.07, 6.45) is 1.04. The minimum Gasteiger partial charge on any atom is -0.493 e. The molecule has 0 radical (unpaired) electrons. The van der Waals surface area contributed by atoms with Gasteiger partial charge >= 0.3 is 0 Å². The third kappa shape index (κ3) is 2.26. The highest BCUT2D eigenvalue weighted by atomic mass is 16.5. The topological polar surface area (TPSA) is 35.2 Å². The Labute approximate surface area is 86.1 Å². The lowest BCUT2D eigenvalue weighted by Gasteiger charge is -2.12. The van der Waals surface area contributed by atoms with Crippen molar-refractivity contribution in [2.75, 3.05) is 6.61 Å². The second-order valence-corrected chi connectivity index (χ2v) is 3.53. The Bertz CT molecular complexity index is 307. The van der Waals surface area contributed by atoms with Gasteiger partial charge in [-0.2, -0.15) is 0 Å². The van der Waals surface area contributed by atoms with Crippen molar-refractivity contribution in [3.63, 3.8) is 0 Å². The third-order valence-electron chi connectivity index (χ3n) is 2.53. The summed E-state index contributed by atoms with van der Waals surface area (Å²) in [6, 6.07) is 4.06. The van der Waals surface area contributed by atoms with Gasteiger partial charge in [0.1, 0.15) is 5.75 Å². The highest BCUT2D eigenvalue weighted by molar-refractivity contribution is 5.43. The molecule has 0 aliphatic carbocycles. The van der Waals surface area contributed by atoms with E-state index in [2.05, 4.69) is 20.8 Å². The third-order valence-corrected chi connectivity index (χ3v) is 2.53. The molecule has 0 unspecified atom stereocenters. The lowest BCUT2D eigenvalue weighted by molar-refractivity contribution is 0.315. The monoisotopic (exact) mass is 193 g/mol. The fourth-order valence-electron chi connectivity index (χ4n) is 1.44. The molecule has 0 fully saturated rings. The van der Waals surface area contributed by atoms with E-state index in [0.717, 1.165) is 18.8 Å². The van der Waals surface area contributed by atoms with Crippen molar-refractivity contribution in [3.05, 3.63) is 28.8 Å². The number of rotatable bonds is 4. The number of hydrogen-bond acceptors (Lipinski definition) is 2. The number of ether oxygens (including phenoxy) is 1. The van der Waals surface area contributed by atoms with Crippen molar-refractivity contribution in [1.82, 2.24) is 0 Å². The lowest BCUT2D eigenvalue weighted by atomic mass is 10.0. The van der Waals surface area contributed by atoms with Crippen molar-refractivity contribution in [3.8, 4) is 5.75 Å². The van der Waals surface area contributed by atoms with Crippen LogP contribution in [-0.4, -0.2) is 6.61 Å². The van der Waals surface area contributed by atoms with Crippen LogP contribution in [0.5, 0.6) is 5.75 Å². The molecule has 0 aromatic heterocycles. The molecule has 0 bridgehead atoms. The van der Waals surface area contributed by atoms with Gasteiger partial charge in [0.15, 0.2) is 0 Å². The van der Waals surface area contributed by atoms with Gasteiger partial charge in [0, 0.05) is 6.54 Å². The summed E-state index contributed by atoms with van der Waals surface area (Å²) >= 11 is 0. The highest BCUT2D eigenvalue weighted by Gasteiger charge is 2.05. The van der Waals surface area contributed by atoms with E-state index in [-0.39, 0.29) is 0 Å². The van der Waals surface area contributed by atoms with Gasteiger partial charge in [-0.05, 0) is 43.0 Å². The first-order valence-electron chi connectivity index (χ1n) is 5.12. The van der Waals surface area contributed by atoms with E-state index in [1.807, 2.05) is 12.1 Å². The summed E-state index contributed by atoms with van der Waals surface area (Å²) in [5.41, 5.74) is 9.29. The molecule has 0 aliphatic rings. The molecule has 0 amide bonds. The maximum Gasteiger partial charge on any atom is 0.122 e. The molecule has 0 saturated heterocycles. The molecule has 1 rings (SSSR count). The average molecular weight is 193 g/mol. The van der Waals surface area contributed by atoms with Crippen LogP contribution in [0.3, 0.4) is 0 Å². The summed E-state index contributed by atoms with van der Waals surface area (Å²) in [4.78, 5) is 0. The van der Waals surface area contributed by atoms with Crippen LogP contribution in [0.1, 0.15) is 30.0 Å². The zero-order valence-corrected chi connectivity index (χ0v) is 9.26. The molecule has 78 valence electrons. The molecule has 14 heavy (non-hydrogen) atoms. The summed E-state index contributed by atoms with van der Waals surface area (Å²) in [5.74, 6) is 0.988. The normalized spacial score (nSPS) is 10.3. The molecule has 2 heteroatoms. The van der Waals surface area contributed by atoms with E-state index in [0.29, 0.717) is 6.54 Å². The van der Waals surface area contributed by atoms with Crippen LogP contribution in [-0.2, 0) is 6.54 Å². The molecule has 0 spiro atoms. The standard InChI is InChI=1S/C12H19NO/c1-4-7-14-12-6-5-11(8-13)9(2)10(12)3/h5-6H,4,7-8,13H2,1-3H3. The summed E-state index contributed by atoms with van der Waals surface area (Å²) in [7, 11) is 0. The van der Waals surface area contributed by atoms with Crippen molar-refractivity contribution in [2.45, 2.75) is 33.7 Å². The summed E-state index contributed by atoms with van der Waals surface area (Å²) in [6.45, 7) is 7.66. The van der Waals surface area contributed by atoms with Gasteiger partial charge in [0.25, 0.3) is 0 Å².